The Morgan fingerprint density at radius 3 is 3.00 bits per heavy atom. The minimum absolute atomic E-state index is 0.0474. The summed E-state index contributed by atoms with van der Waals surface area (Å²) in [4.78, 5) is 0. The molecule has 2 nitrogen and oxygen atoms in total. The first-order valence-electron chi connectivity index (χ1n) is 5.28. The Bertz CT molecular complexity index is 347. The molecular formula is C12H16ClNO. The summed E-state index contributed by atoms with van der Waals surface area (Å²) in [6, 6.07) is 5.97. The standard InChI is InChI=1S/C12H16ClNO/c1-8-10(3-2-4-11(8)13)12(14)9-5-6-15-7-9/h2-4,9,12H,5-7,14H2,1H3. The van der Waals surface area contributed by atoms with E-state index >= 15 is 0 Å². The van der Waals surface area contributed by atoms with Crippen molar-refractivity contribution in [3.8, 4) is 0 Å². The van der Waals surface area contributed by atoms with Gasteiger partial charge in [0.25, 0.3) is 0 Å². The van der Waals surface area contributed by atoms with Crippen LogP contribution in [0.1, 0.15) is 23.6 Å². The van der Waals surface area contributed by atoms with Crippen LogP contribution in [0.2, 0.25) is 5.02 Å². The lowest BCUT2D eigenvalue weighted by molar-refractivity contribution is 0.181. The second-order valence-corrected chi connectivity index (χ2v) is 4.51. The third-order valence-corrected chi connectivity index (χ3v) is 3.55. The summed E-state index contributed by atoms with van der Waals surface area (Å²) in [7, 11) is 0. The van der Waals surface area contributed by atoms with Crippen molar-refractivity contribution in [1.29, 1.82) is 0 Å². The molecule has 1 aliphatic rings. The second-order valence-electron chi connectivity index (χ2n) is 4.10. The van der Waals surface area contributed by atoms with Crippen LogP contribution in [0.3, 0.4) is 0 Å². The molecule has 1 aromatic carbocycles. The third kappa shape index (κ3) is 2.17. The Morgan fingerprint density at radius 2 is 2.33 bits per heavy atom. The third-order valence-electron chi connectivity index (χ3n) is 3.14. The monoisotopic (exact) mass is 225 g/mol. The van der Waals surface area contributed by atoms with Gasteiger partial charge in [0.1, 0.15) is 0 Å². The highest BCUT2D eigenvalue weighted by molar-refractivity contribution is 6.31. The van der Waals surface area contributed by atoms with E-state index in [4.69, 9.17) is 22.1 Å². The molecule has 1 saturated heterocycles. The predicted octanol–water partition coefficient (Wildman–Crippen LogP) is 2.68. The molecule has 2 atom stereocenters. The van der Waals surface area contributed by atoms with Crippen molar-refractivity contribution in [1.82, 2.24) is 0 Å². The normalized spacial score (nSPS) is 23.0. The van der Waals surface area contributed by atoms with E-state index in [1.165, 1.54) is 0 Å². The molecule has 0 spiro atoms. The van der Waals surface area contributed by atoms with Crippen LogP contribution in [0.4, 0.5) is 0 Å². The Kier molecular flexibility index (Phi) is 3.29. The van der Waals surface area contributed by atoms with E-state index in [2.05, 4.69) is 6.07 Å². The highest BCUT2D eigenvalue weighted by Gasteiger charge is 2.25. The fourth-order valence-corrected chi connectivity index (χ4v) is 2.26. The lowest BCUT2D eigenvalue weighted by Gasteiger charge is -2.20. The van der Waals surface area contributed by atoms with Crippen LogP contribution < -0.4 is 5.73 Å². The van der Waals surface area contributed by atoms with Gasteiger partial charge < -0.3 is 10.5 Å². The summed E-state index contributed by atoms with van der Waals surface area (Å²) in [5, 5.41) is 0.793. The van der Waals surface area contributed by atoms with E-state index in [0.717, 1.165) is 35.8 Å². The molecular weight excluding hydrogens is 210 g/mol. The van der Waals surface area contributed by atoms with E-state index in [1.54, 1.807) is 0 Å². The molecule has 0 aliphatic carbocycles. The van der Waals surface area contributed by atoms with Gasteiger partial charge in [-0.3, -0.25) is 0 Å². The molecule has 2 rings (SSSR count). The van der Waals surface area contributed by atoms with Gasteiger partial charge in [-0.1, -0.05) is 23.7 Å². The molecule has 1 fully saturated rings. The largest absolute Gasteiger partial charge is 0.381 e. The molecule has 0 saturated carbocycles. The quantitative estimate of drug-likeness (QED) is 0.840. The van der Waals surface area contributed by atoms with Crippen molar-refractivity contribution in [2.75, 3.05) is 13.2 Å². The number of benzene rings is 1. The van der Waals surface area contributed by atoms with E-state index < -0.39 is 0 Å². The maximum absolute atomic E-state index is 6.23. The van der Waals surface area contributed by atoms with Gasteiger partial charge in [0.15, 0.2) is 0 Å². The minimum atomic E-state index is 0.0474. The number of hydrogen-bond donors (Lipinski definition) is 1. The first kappa shape index (κ1) is 10.9. The zero-order chi connectivity index (χ0) is 10.8. The van der Waals surface area contributed by atoms with Crippen LogP contribution in [0, 0.1) is 12.8 Å². The Hall–Kier alpha value is -0.570. The minimum Gasteiger partial charge on any atom is -0.381 e. The Morgan fingerprint density at radius 1 is 1.53 bits per heavy atom. The number of hydrogen-bond acceptors (Lipinski definition) is 2. The molecule has 2 unspecified atom stereocenters. The van der Waals surface area contributed by atoms with Gasteiger partial charge in [0, 0.05) is 23.6 Å². The van der Waals surface area contributed by atoms with Crippen LogP contribution >= 0.6 is 11.6 Å². The van der Waals surface area contributed by atoms with Crippen molar-refractivity contribution in [3.63, 3.8) is 0 Å². The molecule has 3 heteroatoms. The van der Waals surface area contributed by atoms with Gasteiger partial charge >= 0.3 is 0 Å². The summed E-state index contributed by atoms with van der Waals surface area (Å²) >= 11 is 6.08. The van der Waals surface area contributed by atoms with Crippen LogP contribution in [0.15, 0.2) is 18.2 Å². The SMILES string of the molecule is Cc1c(Cl)cccc1C(N)C1CCOC1. The van der Waals surface area contributed by atoms with Crippen LogP contribution in [-0.2, 0) is 4.74 Å². The van der Waals surface area contributed by atoms with Gasteiger partial charge in [0.2, 0.25) is 0 Å². The highest BCUT2D eigenvalue weighted by atomic mass is 35.5. The maximum atomic E-state index is 6.23. The van der Waals surface area contributed by atoms with Gasteiger partial charge in [-0.25, -0.2) is 0 Å². The van der Waals surface area contributed by atoms with E-state index in [-0.39, 0.29) is 6.04 Å². The number of rotatable bonds is 2. The summed E-state index contributed by atoms with van der Waals surface area (Å²) in [5.74, 6) is 0.433. The first-order chi connectivity index (χ1) is 7.20. The molecule has 1 aromatic rings. The van der Waals surface area contributed by atoms with Gasteiger partial charge in [0.05, 0.1) is 6.61 Å². The maximum Gasteiger partial charge on any atom is 0.0513 e. The smallest absolute Gasteiger partial charge is 0.0513 e. The van der Waals surface area contributed by atoms with Crippen molar-refractivity contribution in [3.05, 3.63) is 34.3 Å². The summed E-state index contributed by atoms with van der Waals surface area (Å²) < 4.78 is 5.36. The second kappa shape index (κ2) is 4.52. The molecule has 1 heterocycles. The van der Waals surface area contributed by atoms with Crippen molar-refractivity contribution in [2.45, 2.75) is 19.4 Å². The summed E-state index contributed by atoms with van der Waals surface area (Å²) in [6.45, 7) is 3.62. The van der Waals surface area contributed by atoms with Gasteiger partial charge in [-0.2, -0.15) is 0 Å². The van der Waals surface area contributed by atoms with E-state index in [1.807, 2.05) is 19.1 Å². The fraction of sp³-hybridized carbons (Fsp3) is 0.500. The Labute approximate surface area is 95.4 Å². The lowest BCUT2D eigenvalue weighted by atomic mass is 9.90. The molecule has 15 heavy (non-hydrogen) atoms. The van der Waals surface area contributed by atoms with Crippen molar-refractivity contribution < 1.29 is 4.74 Å². The highest BCUT2D eigenvalue weighted by Crippen LogP contribution is 2.30. The number of halogens is 1. The van der Waals surface area contributed by atoms with Gasteiger partial charge in [-0.15, -0.1) is 0 Å². The van der Waals surface area contributed by atoms with Crippen molar-refractivity contribution >= 4 is 11.6 Å². The number of ether oxygens (including phenoxy) is 1. The first-order valence-corrected chi connectivity index (χ1v) is 5.66. The molecule has 82 valence electrons. The Balaban J connectivity index is 2.24. The summed E-state index contributed by atoms with van der Waals surface area (Å²) in [6.07, 6.45) is 1.05. The molecule has 0 bridgehead atoms. The molecule has 1 aliphatic heterocycles. The topological polar surface area (TPSA) is 35.2 Å². The average Bonchev–Trinajstić information content (AvgIpc) is 2.74. The van der Waals surface area contributed by atoms with Gasteiger partial charge in [-0.05, 0) is 30.5 Å². The van der Waals surface area contributed by atoms with Crippen LogP contribution in [0.25, 0.3) is 0 Å². The van der Waals surface area contributed by atoms with E-state index in [9.17, 15) is 0 Å². The molecule has 0 radical (unpaired) electrons. The molecule has 2 N–H and O–H groups in total. The van der Waals surface area contributed by atoms with Crippen LogP contribution in [0.5, 0.6) is 0 Å². The fourth-order valence-electron chi connectivity index (χ4n) is 2.08. The van der Waals surface area contributed by atoms with E-state index in [0.29, 0.717) is 5.92 Å². The summed E-state index contributed by atoms with van der Waals surface area (Å²) in [5.41, 5.74) is 8.48. The zero-order valence-corrected chi connectivity index (χ0v) is 9.63. The average molecular weight is 226 g/mol. The van der Waals surface area contributed by atoms with Crippen molar-refractivity contribution in [2.24, 2.45) is 11.7 Å². The molecule has 0 aromatic heterocycles. The number of nitrogens with two attached hydrogens (primary N) is 1. The lowest BCUT2D eigenvalue weighted by Crippen LogP contribution is -2.22. The molecule has 0 amide bonds. The zero-order valence-electron chi connectivity index (χ0n) is 8.87. The van der Waals surface area contributed by atoms with Crippen LogP contribution in [-0.4, -0.2) is 13.2 Å². The predicted molar refractivity (Wildman–Crippen MR) is 62.0 cm³/mol.